The Morgan fingerprint density at radius 1 is 0.930 bits per heavy atom. The first-order chi connectivity index (χ1) is 20.4. The van der Waals surface area contributed by atoms with E-state index in [0.717, 1.165) is 21.9 Å². The Balaban J connectivity index is 2.07. The van der Waals surface area contributed by atoms with E-state index in [1.54, 1.807) is 49.6 Å². The van der Waals surface area contributed by atoms with Crippen molar-refractivity contribution in [1.82, 2.24) is 10.2 Å². The Kier molecular flexibility index (Phi) is 12.0. The highest BCUT2D eigenvalue weighted by Gasteiger charge is 2.34. The normalized spacial score (nSPS) is 12.6. The lowest BCUT2D eigenvalue weighted by atomic mass is 10.1. The number of carbonyl (C=O) groups is 2. The number of anilines is 1. The van der Waals surface area contributed by atoms with Crippen molar-refractivity contribution < 1.29 is 27.5 Å². The van der Waals surface area contributed by atoms with Gasteiger partial charge in [-0.15, -0.1) is 0 Å². The Labute approximate surface area is 263 Å². The summed E-state index contributed by atoms with van der Waals surface area (Å²) in [5, 5.41) is 2.98. The first-order valence-electron chi connectivity index (χ1n) is 14.1. The number of nitrogens with zero attached hydrogens (tertiary/aromatic N) is 2. The van der Waals surface area contributed by atoms with E-state index >= 15 is 0 Å². The van der Waals surface area contributed by atoms with Crippen LogP contribution >= 0.6 is 15.9 Å². The number of rotatable bonds is 14. The van der Waals surface area contributed by atoms with E-state index in [-0.39, 0.29) is 23.4 Å². The quantitative estimate of drug-likeness (QED) is 0.236. The molecule has 9 nitrogen and oxygen atoms in total. The largest absolute Gasteiger partial charge is 0.497 e. The van der Waals surface area contributed by atoms with Crippen LogP contribution in [0.3, 0.4) is 0 Å². The van der Waals surface area contributed by atoms with Crippen LogP contribution in [0.25, 0.3) is 0 Å². The molecule has 0 saturated carbocycles. The third kappa shape index (κ3) is 8.51. The van der Waals surface area contributed by atoms with E-state index in [0.29, 0.717) is 28.1 Å². The molecule has 1 N–H and O–H groups in total. The molecule has 232 valence electrons. The lowest BCUT2D eigenvalue weighted by molar-refractivity contribution is -0.140. The highest BCUT2D eigenvalue weighted by atomic mass is 79.9. The highest BCUT2D eigenvalue weighted by Crippen LogP contribution is 2.31. The van der Waals surface area contributed by atoms with E-state index in [9.17, 15) is 18.0 Å². The minimum absolute atomic E-state index is 0.0168. The molecule has 0 fully saturated rings. The smallest absolute Gasteiger partial charge is 0.264 e. The van der Waals surface area contributed by atoms with Crippen molar-refractivity contribution in [2.75, 3.05) is 25.1 Å². The second-order valence-corrected chi connectivity index (χ2v) is 13.0. The minimum atomic E-state index is -4.22. The molecule has 0 aromatic heterocycles. The molecular formula is C32H40BrN3O6S. The molecule has 0 spiro atoms. The number of carbonyl (C=O) groups excluding carboxylic acids is 2. The molecule has 0 saturated heterocycles. The van der Waals surface area contributed by atoms with Crippen LogP contribution in [0.1, 0.15) is 44.7 Å². The molecule has 0 aliphatic heterocycles. The van der Waals surface area contributed by atoms with Gasteiger partial charge in [0.2, 0.25) is 11.8 Å². The number of methoxy groups -OCH3 is 2. The molecule has 3 aromatic rings. The lowest BCUT2D eigenvalue weighted by Crippen LogP contribution is -2.53. The molecule has 2 atom stereocenters. The highest BCUT2D eigenvalue weighted by molar-refractivity contribution is 9.10. The Morgan fingerprint density at radius 3 is 2.12 bits per heavy atom. The van der Waals surface area contributed by atoms with E-state index < -0.39 is 28.5 Å². The monoisotopic (exact) mass is 673 g/mol. The van der Waals surface area contributed by atoms with Crippen LogP contribution < -0.4 is 19.1 Å². The number of nitrogens with one attached hydrogen (secondary N) is 1. The topological polar surface area (TPSA) is 105 Å². The zero-order valence-corrected chi connectivity index (χ0v) is 27.9. The maximum absolute atomic E-state index is 14.2. The first-order valence-corrected chi connectivity index (χ1v) is 16.3. The summed E-state index contributed by atoms with van der Waals surface area (Å²) < 4.78 is 40.3. The number of ether oxygens (including phenoxy) is 2. The predicted octanol–water partition coefficient (Wildman–Crippen LogP) is 5.69. The summed E-state index contributed by atoms with van der Waals surface area (Å²) in [6.07, 6.45) is 1.07. The second kappa shape index (κ2) is 15.2. The molecule has 3 aromatic carbocycles. The van der Waals surface area contributed by atoms with Gasteiger partial charge in [0.1, 0.15) is 24.1 Å². The van der Waals surface area contributed by atoms with Gasteiger partial charge in [-0.3, -0.25) is 13.9 Å². The first kappa shape index (κ1) is 33.9. The van der Waals surface area contributed by atoms with Crippen molar-refractivity contribution in [1.29, 1.82) is 0 Å². The number of hydrogen-bond donors (Lipinski definition) is 1. The van der Waals surface area contributed by atoms with Crippen molar-refractivity contribution >= 4 is 43.5 Å². The van der Waals surface area contributed by atoms with Crippen molar-refractivity contribution in [3.63, 3.8) is 0 Å². The molecule has 11 heteroatoms. The lowest BCUT2D eigenvalue weighted by Gasteiger charge is -2.33. The standard InChI is InChI=1S/C32H40BrN3O6S/c1-7-23(4)34-32(38)29(8-2)35(20-24-11-15-26(41-5)16-12-24)31(37)21-36(25-13-9-22(3)10-14-25)43(39,40)27-17-18-30(42-6)28(33)19-27/h9-19,23,29H,7-8,20-21H2,1-6H3,(H,34,38)/t23-,29+/m0/s1. The van der Waals surface area contributed by atoms with Gasteiger partial charge in [-0.25, -0.2) is 8.42 Å². The molecule has 0 radical (unpaired) electrons. The van der Waals surface area contributed by atoms with E-state index in [2.05, 4.69) is 21.2 Å². The van der Waals surface area contributed by atoms with Gasteiger partial charge in [-0.1, -0.05) is 43.7 Å². The number of benzene rings is 3. The molecule has 0 unspecified atom stereocenters. The predicted molar refractivity (Wildman–Crippen MR) is 172 cm³/mol. The summed E-state index contributed by atoms with van der Waals surface area (Å²) in [5.41, 5.74) is 2.04. The third-order valence-corrected chi connectivity index (χ3v) is 9.60. The average Bonchev–Trinajstić information content (AvgIpc) is 3.00. The Bertz CT molecular complexity index is 1500. The summed E-state index contributed by atoms with van der Waals surface area (Å²) in [5.74, 6) is 0.326. The third-order valence-electron chi connectivity index (χ3n) is 7.21. The maximum atomic E-state index is 14.2. The van der Waals surface area contributed by atoms with Crippen molar-refractivity contribution in [3.8, 4) is 11.5 Å². The van der Waals surface area contributed by atoms with Gasteiger partial charge in [-0.2, -0.15) is 0 Å². The SMILES string of the molecule is CC[C@H](C(=O)N[C@@H](C)CC)N(Cc1ccc(OC)cc1)C(=O)CN(c1ccc(C)cc1)S(=O)(=O)c1ccc(OC)c(Br)c1. The maximum Gasteiger partial charge on any atom is 0.264 e. The Hall–Kier alpha value is -3.57. The molecule has 2 amide bonds. The molecular weight excluding hydrogens is 634 g/mol. The molecule has 43 heavy (non-hydrogen) atoms. The summed E-state index contributed by atoms with van der Waals surface area (Å²) >= 11 is 3.37. The minimum Gasteiger partial charge on any atom is -0.497 e. The van der Waals surface area contributed by atoms with Crippen LogP contribution in [0, 0.1) is 6.92 Å². The summed E-state index contributed by atoms with van der Waals surface area (Å²) in [7, 11) is -1.16. The fourth-order valence-electron chi connectivity index (χ4n) is 4.46. The van der Waals surface area contributed by atoms with E-state index in [1.807, 2.05) is 39.8 Å². The number of hydrogen-bond acceptors (Lipinski definition) is 6. The molecule has 3 rings (SSSR count). The van der Waals surface area contributed by atoms with E-state index in [4.69, 9.17) is 9.47 Å². The Morgan fingerprint density at radius 2 is 1.58 bits per heavy atom. The van der Waals surface area contributed by atoms with Crippen molar-refractivity contribution in [3.05, 3.63) is 82.3 Å². The zero-order chi connectivity index (χ0) is 31.7. The van der Waals surface area contributed by atoms with Crippen molar-refractivity contribution in [2.24, 2.45) is 0 Å². The second-order valence-electron chi connectivity index (χ2n) is 10.3. The number of aryl methyl sites for hydroxylation is 1. The molecule has 0 aliphatic carbocycles. The molecule has 0 heterocycles. The van der Waals surface area contributed by atoms with Crippen LogP contribution in [-0.2, 0) is 26.2 Å². The molecule has 0 aliphatic rings. The average molecular weight is 675 g/mol. The van der Waals surface area contributed by atoms with Gasteiger partial charge in [0.05, 0.1) is 29.3 Å². The van der Waals surface area contributed by atoms with Gasteiger partial charge >= 0.3 is 0 Å². The van der Waals surface area contributed by atoms with Crippen LogP contribution in [-0.4, -0.2) is 58.0 Å². The van der Waals surface area contributed by atoms with Crippen LogP contribution in [0.15, 0.2) is 76.1 Å². The zero-order valence-electron chi connectivity index (χ0n) is 25.5. The van der Waals surface area contributed by atoms with Gasteiger partial charge in [0, 0.05) is 12.6 Å². The summed E-state index contributed by atoms with van der Waals surface area (Å²) in [6.45, 7) is 7.18. The van der Waals surface area contributed by atoms with Gasteiger partial charge < -0.3 is 19.7 Å². The van der Waals surface area contributed by atoms with E-state index in [1.165, 1.54) is 24.1 Å². The summed E-state index contributed by atoms with van der Waals surface area (Å²) in [4.78, 5) is 29.1. The van der Waals surface area contributed by atoms with Crippen molar-refractivity contribution in [2.45, 2.75) is 64.1 Å². The van der Waals surface area contributed by atoms with Gasteiger partial charge in [0.25, 0.3) is 10.0 Å². The fraction of sp³-hybridized carbons (Fsp3) is 0.375. The molecule has 0 bridgehead atoms. The number of sulfonamides is 1. The fourth-order valence-corrected chi connectivity index (χ4v) is 6.60. The number of amides is 2. The van der Waals surface area contributed by atoms with Crippen LogP contribution in [0.5, 0.6) is 11.5 Å². The van der Waals surface area contributed by atoms with Gasteiger partial charge in [-0.05, 0) is 90.6 Å². The van der Waals surface area contributed by atoms with Gasteiger partial charge in [0.15, 0.2) is 0 Å². The van der Waals surface area contributed by atoms with Crippen LogP contribution in [0.4, 0.5) is 5.69 Å². The number of halogens is 1. The van der Waals surface area contributed by atoms with Crippen LogP contribution in [0.2, 0.25) is 0 Å². The summed E-state index contributed by atoms with van der Waals surface area (Å²) in [6, 6.07) is 17.6.